The number of fused-ring (bicyclic) bond motifs is 1. The lowest BCUT2D eigenvalue weighted by atomic mass is 10.0. The summed E-state index contributed by atoms with van der Waals surface area (Å²) in [6.07, 6.45) is 2.25. The number of aryl methyl sites for hydroxylation is 1. The lowest BCUT2D eigenvalue weighted by Gasteiger charge is -2.02. The van der Waals surface area contributed by atoms with Crippen molar-refractivity contribution in [3.63, 3.8) is 0 Å². The van der Waals surface area contributed by atoms with Crippen LogP contribution in [0.25, 0.3) is 22.0 Å². The van der Waals surface area contributed by atoms with E-state index in [1.54, 1.807) is 6.07 Å². The van der Waals surface area contributed by atoms with Crippen molar-refractivity contribution in [1.29, 1.82) is 0 Å². The molecule has 3 rings (SSSR count). The number of pyridine rings is 1. The Hall–Kier alpha value is -2.42. The molecule has 0 N–H and O–H groups in total. The average Bonchev–Trinajstić information content (AvgIpc) is 2.86. The number of aldehydes is 1. The Morgan fingerprint density at radius 1 is 1.17 bits per heavy atom. The van der Waals surface area contributed by atoms with Gasteiger partial charge in [0.1, 0.15) is 0 Å². The summed E-state index contributed by atoms with van der Waals surface area (Å²) in [6, 6.07) is 11.7. The van der Waals surface area contributed by atoms with Crippen molar-refractivity contribution in [1.82, 2.24) is 4.98 Å². The average molecular weight is 237 g/mol. The topological polar surface area (TPSA) is 43.1 Å². The van der Waals surface area contributed by atoms with Gasteiger partial charge >= 0.3 is 0 Å². The van der Waals surface area contributed by atoms with E-state index in [9.17, 15) is 4.79 Å². The molecule has 0 aliphatic carbocycles. The molecule has 3 aromatic rings. The summed E-state index contributed by atoms with van der Waals surface area (Å²) in [6.45, 7) is 1.97. The van der Waals surface area contributed by atoms with Crippen molar-refractivity contribution >= 4 is 17.2 Å². The molecule has 2 heterocycles. The molecule has 0 aliphatic rings. The van der Waals surface area contributed by atoms with Crippen molar-refractivity contribution in [2.45, 2.75) is 6.92 Å². The summed E-state index contributed by atoms with van der Waals surface area (Å²) in [5.41, 5.74) is 3.72. The molecule has 0 amide bonds. The fraction of sp³-hybridized carbons (Fsp3) is 0.0667. The van der Waals surface area contributed by atoms with Crippen molar-refractivity contribution in [3.05, 3.63) is 54.1 Å². The lowest BCUT2D eigenvalue weighted by Crippen LogP contribution is -1.85. The van der Waals surface area contributed by atoms with Gasteiger partial charge in [0.15, 0.2) is 12.0 Å². The normalized spacial score (nSPS) is 10.7. The van der Waals surface area contributed by atoms with Gasteiger partial charge in [-0.2, -0.15) is 0 Å². The maximum atomic E-state index is 10.9. The van der Waals surface area contributed by atoms with Crippen LogP contribution in [0.1, 0.15) is 16.2 Å². The Balaban J connectivity index is 2.19. The van der Waals surface area contributed by atoms with Crippen molar-refractivity contribution in [2.75, 3.05) is 0 Å². The van der Waals surface area contributed by atoms with E-state index >= 15 is 0 Å². The molecule has 3 nitrogen and oxygen atoms in total. The lowest BCUT2D eigenvalue weighted by molar-refractivity contribution is 0.110. The number of benzene rings is 1. The zero-order valence-corrected chi connectivity index (χ0v) is 9.88. The van der Waals surface area contributed by atoms with Crippen LogP contribution in [0, 0.1) is 6.92 Å². The standard InChI is InChI=1S/C15H11NO2/c1-10-2-3-12-8-11(4-5-14(12)16-10)13-6-7-18-15(13)9-17/h2-9H,1H3. The molecule has 0 saturated carbocycles. The molecule has 0 atom stereocenters. The molecule has 18 heavy (non-hydrogen) atoms. The van der Waals surface area contributed by atoms with Gasteiger partial charge in [-0.3, -0.25) is 9.78 Å². The second kappa shape index (κ2) is 4.11. The SMILES string of the molecule is Cc1ccc2cc(-c3ccoc3C=O)ccc2n1. The summed E-state index contributed by atoms with van der Waals surface area (Å²) in [5, 5.41) is 1.05. The highest BCUT2D eigenvalue weighted by Gasteiger charge is 2.08. The van der Waals surface area contributed by atoms with Crippen LogP contribution in [-0.4, -0.2) is 11.3 Å². The van der Waals surface area contributed by atoms with E-state index in [2.05, 4.69) is 4.98 Å². The van der Waals surface area contributed by atoms with Gasteiger partial charge in [-0.25, -0.2) is 0 Å². The molecule has 0 bridgehead atoms. The first-order valence-electron chi connectivity index (χ1n) is 5.68. The summed E-state index contributed by atoms with van der Waals surface area (Å²) >= 11 is 0. The molecular weight excluding hydrogens is 226 g/mol. The number of rotatable bonds is 2. The summed E-state index contributed by atoms with van der Waals surface area (Å²) in [5.74, 6) is 0.356. The summed E-state index contributed by atoms with van der Waals surface area (Å²) in [7, 11) is 0. The van der Waals surface area contributed by atoms with E-state index in [0.29, 0.717) is 5.76 Å². The van der Waals surface area contributed by atoms with Gasteiger partial charge in [0, 0.05) is 16.6 Å². The molecule has 88 valence electrons. The third-order valence-corrected chi connectivity index (χ3v) is 2.94. The second-order valence-corrected chi connectivity index (χ2v) is 4.18. The first-order chi connectivity index (χ1) is 8.78. The second-order valence-electron chi connectivity index (χ2n) is 4.18. The third-order valence-electron chi connectivity index (χ3n) is 2.94. The quantitative estimate of drug-likeness (QED) is 0.639. The first-order valence-corrected chi connectivity index (χ1v) is 5.68. The highest BCUT2D eigenvalue weighted by atomic mass is 16.3. The van der Waals surface area contributed by atoms with E-state index in [-0.39, 0.29) is 0 Å². The van der Waals surface area contributed by atoms with E-state index < -0.39 is 0 Å². The number of furan rings is 1. The fourth-order valence-electron chi connectivity index (χ4n) is 2.05. The molecule has 1 aromatic carbocycles. The van der Waals surface area contributed by atoms with E-state index in [4.69, 9.17) is 4.42 Å². The Labute approximate surface area is 104 Å². The monoisotopic (exact) mass is 237 g/mol. The van der Waals surface area contributed by atoms with Gasteiger partial charge in [-0.1, -0.05) is 12.1 Å². The molecular formula is C15H11NO2. The zero-order valence-electron chi connectivity index (χ0n) is 9.88. The highest BCUT2D eigenvalue weighted by Crippen LogP contribution is 2.26. The van der Waals surface area contributed by atoms with Crippen LogP contribution in [0.2, 0.25) is 0 Å². The predicted molar refractivity (Wildman–Crippen MR) is 69.6 cm³/mol. The molecule has 2 aromatic heterocycles. The minimum atomic E-state index is 0.356. The van der Waals surface area contributed by atoms with Crippen molar-refractivity contribution in [3.8, 4) is 11.1 Å². The minimum absolute atomic E-state index is 0.356. The van der Waals surface area contributed by atoms with Crippen LogP contribution in [0.5, 0.6) is 0 Å². The molecule has 3 heteroatoms. The van der Waals surface area contributed by atoms with E-state index in [1.165, 1.54) is 6.26 Å². The summed E-state index contributed by atoms with van der Waals surface area (Å²) in [4.78, 5) is 15.3. The Morgan fingerprint density at radius 2 is 2.06 bits per heavy atom. The Kier molecular flexibility index (Phi) is 2.45. The zero-order chi connectivity index (χ0) is 12.5. The van der Waals surface area contributed by atoms with Gasteiger partial charge in [0.05, 0.1) is 11.8 Å². The van der Waals surface area contributed by atoms with Crippen LogP contribution >= 0.6 is 0 Å². The van der Waals surface area contributed by atoms with Crippen molar-refractivity contribution in [2.24, 2.45) is 0 Å². The molecule has 0 fully saturated rings. The fourth-order valence-corrected chi connectivity index (χ4v) is 2.05. The maximum Gasteiger partial charge on any atom is 0.185 e. The number of carbonyl (C=O) groups is 1. The van der Waals surface area contributed by atoms with Crippen LogP contribution in [0.15, 0.2) is 47.1 Å². The first kappa shape index (κ1) is 10.7. The number of carbonyl (C=O) groups excluding carboxylic acids is 1. The maximum absolute atomic E-state index is 10.9. The van der Waals surface area contributed by atoms with E-state index in [1.807, 2.05) is 37.3 Å². The molecule has 0 radical (unpaired) electrons. The molecule has 0 saturated heterocycles. The molecule has 0 spiro atoms. The minimum Gasteiger partial charge on any atom is -0.461 e. The van der Waals surface area contributed by atoms with Gasteiger partial charge in [0.25, 0.3) is 0 Å². The van der Waals surface area contributed by atoms with Gasteiger partial charge in [0.2, 0.25) is 0 Å². The number of nitrogens with zero attached hydrogens (tertiary/aromatic N) is 1. The van der Waals surface area contributed by atoms with Gasteiger partial charge < -0.3 is 4.42 Å². The predicted octanol–water partition coefficient (Wildman–Crippen LogP) is 3.62. The van der Waals surface area contributed by atoms with Crippen LogP contribution < -0.4 is 0 Å². The smallest absolute Gasteiger partial charge is 0.185 e. The Morgan fingerprint density at radius 3 is 2.89 bits per heavy atom. The number of hydrogen-bond acceptors (Lipinski definition) is 3. The third kappa shape index (κ3) is 1.70. The van der Waals surface area contributed by atoms with Crippen LogP contribution in [0.4, 0.5) is 0 Å². The Bertz CT molecular complexity index is 728. The number of aromatic nitrogens is 1. The van der Waals surface area contributed by atoms with Gasteiger partial charge in [-0.15, -0.1) is 0 Å². The molecule has 0 unspecified atom stereocenters. The summed E-state index contributed by atoms with van der Waals surface area (Å²) < 4.78 is 5.12. The largest absolute Gasteiger partial charge is 0.461 e. The molecule has 0 aliphatic heterocycles. The van der Waals surface area contributed by atoms with Crippen LogP contribution in [-0.2, 0) is 0 Å². The van der Waals surface area contributed by atoms with Crippen molar-refractivity contribution < 1.29 is 9.21 Å². The van der Waals surface area contributed by atoms with Crippen LogP contribution in [0.3, 0.4) is 0 Å². The van der Waals surface area contributed by atoms with Gasteiger partial charge in [-0.05, 0) is 36.8 Å². The highest BCUT2D eigenvalue weighted by molar-refractivity contribution is 5.89. The van der Waals surface area contributed by atoms with E-state index in [0.717, 1.165) is 34.0 Å². The number of hydrogen-bond donors (Lipinski definition) is 0.